The van der Waals surface area contributed by atoms with E-state index < -0.39 is 0 Å². The quantitative estimate of drug-likeness (QED) is 0.597. The molecule has 0 heterocycles. The molecule has 1 N–H and O–H groups in total. The van der Waals surface area contributed by atoms with Crippen LogP contribution >= 0.6 is 0 Å². The molecule has 0 unspecified atom stereocenters. The smallest absolute Gasteiger partial charge is 0.0471 e. The van der Waals surface area contributed by atoms with Gasteiger partial charge in [0.2, 0.25) is 0 Å². The molecular weight excluding hydrogens is 186 g/mol. The molecule has 0 saturated heterocycles. The van der Waals surface area contributed by atoms with Gasteiger partial charge >= 0.3 is 0 Å². The first-order valence-corrected chi connectivity index (χ1v) is 6.26. The van der Waals surface area contributed by atoms with E-state index in [-0.39, 0.29) is 0 Å². The number of hydrogen-bond donors (Lipinski definition) is 1. The van der Waals surface area contributed by atoms with Crippen LogP contribution in [0.15, 0.2) is 0 Å². The van der Waals surface area contributed by atoms with Crippen LogP contribution in [0.4, 0.5) is 0 Å². The van der Waals surface area contributed by atoms with Crippen molar-refractivity contribution in [3.05, 3.63) is 0 Å². The number of hydrogen-bond acceptors (Lipinski definition) is 2. The second kappa shape index (κ2) is 8.12. The van der Waals surface area contributed by atoms with Gasteiger partial charge in [0.25, 0.3) is 0 Å². The van der Waals surface area contributed by atoms with Gasteiger partial charge < -0.3 is 10.1 Å². The van der Waals surface area contributed by atoms with Gasteiger partial charge in [-0.3, -0.25) is 0 Å². The van der Waals surface area contributed by atoms with Crippen molar-refractivity contribution in [2.45, 2.75) is 47.5 Å². The van der Waals surface area contributed by atoms with Gasteiger partial charge in [-0.1, -0.05) is 34.6 Å². The Labute approximate surface area is 95.8 Å². The largest absolute Gasteiger partial charge is 0.381 e. The van der Waals surface area contributed by atoms with Crippen molar-refractivity contribution in [1.29, 1.82) is 0 Å². The van der Waals surface area contributed by atoms with E-state index in [9.17, 15) is 0 Å². The minimum absolute atomic E-state index is 0.355. The van der Waals surface area contributed by atoms with Gasteiger partial charge in [0.05, 0.1) is 0 Å². The zero-order valence-electron chi connectivity index (χ0n) is 11.2. The first-order valence-electron chi connectivity index (χ1n) is 6.26. The lowest BCUT2D eigenvalue weighted by molar-refractivity contribution is 0.0956. The van der Waals surface area contributed by atoms with E-state index in [2.05, 4.69) is 39.9 Å². The Bertz CT molecular complexity index is 143. The van der Waals surface area contributed by atoms with Crippen molar-refractivity contribution in [3.63, 3.8) is 0 Å². The van der Waals surface area contributed by atoms with Crippen LogP contribution in [0.2, 0.25) is 0 Å². The molecule has 0 atom stereocenters. The lowest BCUT2D eigenvalue weighted by Gasteiger charge is -2.24. The highest BCUT2D eigenvalue weighted by molar-refractivity contribution is 4.70. The molecule has 15 heavy (non-hydrogen) atoms. The number of rotatable bonds is 9. The lowest BCUT2D eigenvalue weighted by Crippen LogP contribution is -2.30. The number of ether oxygens (including phenoxy) is 1. The molecule has 0 bridgehead atoms. The van der Waals surface area contributed by atoms with Crippen LogP contribution in [-0.4, -0.2) is 26.3 Å². The van der Waals surface area contributed by atoms with E-state index >= 15 is 0 Å². The van der Waals surface area contributed by atoms with E-state index in [1.54, 1.807) is 0 Å². The zero-order valence-corrected chi connectivity index (χ0v) is 11.2. The zero-order chi connectivity index (χ0) is 11.7. The van der Waals surface area contributed by atoms with Crippen LogP contribution in [0.3, 0.4) is 0 Å². The van der Waals surface area contributed by atoms with Gasteiger partial charge in [0.1, 0.15) is 0 Å². The molecule has 2 nitrogen and oxygen atoms in total. The van der Waals surface area contributed by atoms with Gasteiger partial charge in [-0.2, -0.15) is 0 Å². The molecule has 2 heteroatoms. The maximum absolute atomic E-state index is 5.63. The Balaban J connectivity index is 3.40. The second-order valence-corrected chi connectivity index (χ2v) is 5.49. The molecule has 0 aliphatic heterocycles. The highest BCUT2D eigenvalue weighted by Gasteiger charge is 2.16. The molecule has 0 rings (SSSR count). The molecule has 0 aromatic rings. The third-order valence-electron chi connectivity index (χ3n) is 2.62. The SMILES string of the molecule is CCNCC(C)(C)CCOCCC(C)C. The van der Waals surface area contributed by atoms with Crippen molar-refractivity contribution >= 4 is 0 Å². The molecule has 0 saturated carbocycles. The van der Waals surface area contributed by atoms with Crippen molar-refractivity contribution in [1.82, 2.24) is 5.32 Å². The molecule has 0 spiro atoms. The predicted molar refractivity (Wildman–Crippen MR) is 67.2 cm³/mol. The van der Waals surface area contributed by atoms with Crippen LogP contribution in [-0.2, 0) is 4.74 Å². The molecule has 0 aliphatic rings. The summed E-state index contributed by atoms with van der Waals surface area (Å²) in [5, 5.41) is 3.39. The van der Waals surface area contributed by atoms with E-state index in [0.29, 0.717) is 5.41 Å². The summed E-state index contributed by atoms with van der Waals surface area (Å²) < 4.78 is 5.63. The molecule has 0 radical (unpaired) electrons. The van der Waals surface area contributed by atoms with Crippen LogP contribution < -0.4 is 5.32 Å². The van der Waals surface area contributed by atoms with E-state index in [1.165, 1.54) is 6.42 Å². The fourth-order valence-corrected chi connectivity index (χ4v) is 1.32. The molecule has 0 fully saturated rings. The maximum Gasteiger partial charge on any atom is 0.0471 e. The fourth-order valence-electron chi connectivity index (χ4n) is 1.32. The highest BCUT2D eigenvalue weighted by Crippen LogP contribution is 2.18. The van der Waals surface area contributed by atoms with Crippen LogP contribution in [0, 0.1) is 11.3 Å². The van der Waals surface area contributed by atoms with Gasteiger partial charge in [-0.15, -0.1) is 0 Å². The molecule has 92 valence electrons. The molecule has 0 amide bonds. The summed E-state index contributed by atoms with van der Waals surface area (Å²) in [7, 11) is 0. The summed E-state index contributed by atoms with van der Waals surface area (Å²) in [6, 6.07) is 0. The summed E-state index contributed by atoms with van der Waals surface area (Å²) in [4.78, 5) is 0. The van der Waals surface area contributed by atoms with E-state index in [4.69, 9.17) is 4.74 Å². The predicted octanol–water partition coefficient (Wildman–Crippen LogP) is 3.07. The van der Waals surface area contributed by atoms with Gasteiger partial charge in [-0.05, 0) is 30.7 Å². The van der Waals surface area contributed by atoms with Crippen molar-refractivity contribution < 1.29 is 4.74 Å². The third kappa shape index (κ3) is 10.2. The van der Waals surface area contributed by atoms with Crippen molar-refractivity contribution in [2.75, 3.05) is 26.3 Å². The Morgan fingerprint density at radius 2 is 1.87 bits per heavy atom. The third-order valence-corrected chi connectivity index (χ3v) is 2.62. The first-order chi connectivity index (χ1) is 6.98. The topological polar surface area (TPSA) is 21.3 Å². The highest BCUT2D eigenvalue weighted by atomic mass is 16.5. The average Bonchev–Trinajstić information content (AvgIpc) is 2.14. The lowest BCUT2D eigenvalue weighted by atomic mass is 9.90. The van der Waals surface area contributed by atoms with Gasteiger partial charge in [0, 0.05) is 19.8 Å². The Morgan fingerprint density at radius 3 is 2.40 bits per heavy atom. The normalized spacial score (nSPS) is 12.4. The summed E-state index contributed by atoms with van der Waals surface area (Å²) in [6.45, 7) is 15.1. The summed E-state index contributed by atoms with van der Waals surface area (Å²) in [6.07, 6.45) is 2.31. The second-order valence-electron chi connectivity index (χ2n) is 5.49. The molecule has 0 aromatic carbocycles. The minimum Gasteiger partial charge on any atom is -0.381 e. The average molecular weight is 215 g/mol. The fraction of sp³-hybridized carbons (Fsp3) is 1.00. The van der Waals surface area contributed by atoms with Gasteiger partial charge in [-0.25, -0.2) is 0 Å². The summed E-state index contributed by atoms with van der Waals surface area (Å²) >= 11 is 0. The van der Waals surface area contributed by atoms with Crippen molar-refractivity contribution in [3.8, 4) is 0 Å². The van der Waals surface area contributed by atoms with E-state index in [1.807, 2.05) is 0 Å². The Morgan fingerprint density at radius 1 is 1.20 bits per heavy atom. The standard InChI is InChI=1S/C13H29NO/c1-6-14-11-13(4,5)8-10-15-9-7-12(2)3/h12,14H,6-11H2,1-5H3. The summed E-state index contributed by atoms with van der Waals surface area (Å²) in [5.74, 6) is 0.750. The van der Waals surface area contributed by atoms with Crippen LogP contribution in [0.25, 0.3) is 0 Å². The van der Waals surface area contributed by atoms with Crippen LogP contribution in [0.5, 0.6) is 0 Å². The molecule has 0 aliphatic carbocycles. The maximum atomic E-state index is 5.63. The van der Waals surface area contributed by atoms with Crippen LogP contribution in [0.1, 0.15) is 47.5 Å². The van der Waals surface area contributed by atoms with Gasteiger partial charge in [0.15, 0.2) is 0 Å². The monoisotopic (exact) mass is 215 g/mol. The Kier molecular flexibility index (Phi) is 8.07. The number of nitrogens with one attached hydrogen (secondary N) is 1. The minimum atomic E-state index is 0.355. The van der Waals surface area contributed by atoms with Crippen molar-refractivity contribution in [2.24, 2.45) is 11.3 Å². The molecular formula is C13H29NO. The molecule has 0 aromatic heterocycles. The summed E-state index contributed by atoms with van der Waals surface area (Å²) in [5.41, 5.74) is 0.355. The van der Waals surface area contributed by atoms with E-state index in [0.717, 1.165) is 38.6 Å². The first kappa shape index (κ1) is 14.9. The Hall–Kier alpha value is -0.0800.